The van der Waals surface area contributed by atoms with Crippen molar-refractivity contribution in [3.05, 3.63) is 82.3 Å². The molecule has 2 heterocycles. The van der Waals surface area contributed by atoms with E-state index in [2.05, 4.69) is 39.4 Å². The summed E-state index contributed by atoms with van der Waals surface area (Å²) >= 11 is 0. The molecule has 2 aromatic carbocycles. The Labute approximate surface area is 128 Å². The van der Waals surface area contributed by atoms with E-state index in [-0.39, 0.29) is 5.56 Å². The van der Waals surface area contributed by atoms with Gasteiger partial charge in [0.15, 0.2) is 0 Å². The summed E-state index contributed by atoms with van der Waals surface area (Å²) < 4.78 is 0. The van der Waals surface area contributed by atoms with Crippen LogP contribution in [0.5, 0.6) is 0 Å². The second kappa shape index (κ2) is 5.15. The Balaban J connectivity index is 1.82. The summed E-state index contributed by atoms with van der Waals surface area (Å²) in [6, 6.07) is 18.1. The Morgan fingerprint density at radius 3 is 2.23 bits per heavy atom. The summed E-state index contributed by atoms with van der Waals surface area (Å²) in [5.74, 6) is 0. The van der Waals surface area contributed by atoms with Gasteiger partial charge in [0.1, 0.15) is 0 Å². The number of anilines is 1. The van der Waals surface area contributed by atoms with Gasteiger partial charge in [-0.3, -0.25) is 4.79 Å². The number of nitrogens with one attached hydrogen (secondary N) is 1. The first-order chi connectivity index (χ1) is 10.8. The average Bonchev–Trinajstić information content (AvgIpc) is 2.99. The smallest absolute Gasteiger partial charge is 0.274 e. The molecule has 1 aliphatic rings. The van der Waals surface area contributed by atoms with Gasteiger partial charge in [-0.1, -0.05) is 54.6 Å². The van der Waals surface area contributed by atoms with Crippen LogP contribution in [0, 0.1) is 0 Å². The maximum Gasteiger partial charge on any atom is 0.274 e. The molecule has 0 radical (unpaired) electrons. The summed E-state index contributed by atoms with van der Waals surface area (Å²) in [5, 5.41) is 6.55. The number of fused-ring (bicyclic) bond motifs is 1. The average molecular weight is 289 g/mol. The SMILES string of the molecule is O=c1[nH]ncc(N2Cc3ccccc3C2)c1-c1ccccc1. The lowest BCUT2D eigenvalue weighted by Gasteiger charge is -2.20. The van der Waals surface area contributed by atoms with Crippen LogP contribution in [0.4, 0.5) is 5.69 Å². The molecule has 0 bridgehead atoms. The normalized spacial score (nSPS) is 13.2. The molecule has 4 rings (SSSR count). The molecule has 1 aromatic heterocycles. The topological polar surface area (TPSA) is 49.0 Å². The van der Waals surface area contributed by atoms with Gasteiger partial charge in [-0.05, 0) is 16.7 Å². The van der Waals surface area contributed by atoms with E-state index in [1.807, 2.05) is 30.3 Å². The summed E-state index contributed by atoms with van der Waals surface area (Å²) in [7, 11) is 0. The molecule has 4 heteroatoms. The summed E-state index contributed by atoms with van der Waals surface area (Å²) in [6.07, 6.45) is 1.75. The quantitative estimate of drug-likeness (QED) is 0.789. The number of rotatable bonds is 2. The van der Waals surface area contributed by atoms with E-state index in [4.69, 9.17) is 0 Å². The van der Waals surface area contributed by atoms with Gasteiger partial charge in [-0.2, -0.15) is 5.10 Å². The maximum atomic E-state index is 12.3. The van der Waals surface area contributed by atoms with Gasteiger partial charge < -0.3 is 4.90 Å². The molecule has 4 nitrogen and oxygen atoms in total. The highest BCUT2D eigenvalue weighted by atomic mass is 16.1. The van der Waals surface area contributed by atoms with Crippen molar-refractivity contribution < 1.29 is 0 Å². The van der Waals surface area contributed by atoms with Gasteiger partial charge in [0.2, 0.25) is 0 Å². The fraction of sp³-hybridized carbons (Fsp3) is 0.111. The monoisotopic (exact) mass is 289 g/mol. The lowest BCUT2D eigenvalue weighted by molar-refractivity contribution is 0.861. The zero-order chi connectivity index (χ0) is 14.9. The van der Waals surface area contributed by atoms with Crippen LogP contribution in [0.15, 0.2) is 65.6 Å². The van der Waals surface area contributed by atoms with Gasteiger partial charge >= 0.3 is 0 Å². The van der Waals surface area contributed by atoms with Gasteiger partial charge in [0.25, 0.3) is 5.56 Å². The van der Waals surface area contributed by atoms with E-state index in [9.17, 15) is 4.79 Å². The van der Waals surface area contributed by atoms with Crippen LogP contribution in [-0.4, -0.2) is 10.2 Å². The molecule has 1 aliphatic heterocycles. The second-order valence-electron chi connectivity index (χ2n) is 5.45. The molecule has 0 saturated carbocycles. The van der Waals surface area contributed by atoms with E-state index in [0.29, 0.717) is 5.56 Å². The van der Waals surface area contributed by atoms with Crippen LogP contribution in [-0.2, 0) is 13.1 Å². The molecular weight excluding hydrogens is 274 g/mol. The highest BCUT2D eigenvalue weighted by molar-refractivity contribution is 5.77. The van der Waals surface area contributed by atoms with Gasteiger partial charge in [-0.15, -0.1) is 0 Å². The van der Waals surface area contributed by atoms with Crippen molar-refractivity contribution in [3.63, 3.8) is 0 Å². The predicted molar refractivity (Wildman–Crippen MR) is 86.6 cm³/mol. The molecule has 22 heavy (non-hydrogen) atoms. The third-order valence-corrected chi connectivity index (χ3v) is 4.08. The number of hydrogen-bond donors (Lipinski definition) is 1. The van der Waals surface area contributed by atoms with Crippen LogP contribution in [0.2, 0.25) is 0 Å². The predicted octanol–water partition coefficient (Wildman–Crippen LogP) is 2.96. The first-order valence-corrected chi connectivity index (χ1v) is 7.28. The van der Waals surface area contributed by atoms with Crippen molar-refractivity contribution in [1.29, 1.82) is 0 Å². The maximum absolute atomic E-state index is 12.3. The molecular formula is C18H15N3O. The number of benzene rings is 2. The highest BCUT2D eigenvalue weighted by Gasteiger charge is 2.22. The van der Waals surface area contributed by atoms with Crippen LogP contribution in [0.25, 0.3) is 11.1 Å². The standard InChI is InChI=1S/C18H15N3O/c22-18-17(13-6-2-1-3-7-13)16(10-19-20-18)21-11-14-8-4-5-9-15(14)12-21/h1-10H,11-12H2,(H,20,22). The van der Waals surface area contributed by atoms with Crippen molar-refractivity contribution in [2.24, 2.45) is 0 Å². The first-order valence-electron chi connectivity index (χ1n) is 7.28. The minimum Gasteiger partial charge on any atom is -0.361 e. The van der Waals surface area contributed by atoms with Crippen molar-refractivity contribution in [2.45, 2.75) is 13.1 Å². The molecule has 0 unspecified atom stereocenters. The Hall–Kier alpha value is -2.88. The molecule has 0 saturated heterocycles. The molecule has 0 spiro atoms. The van der Waals surface area contributed by atoms with Crippen molar-refractivity contribution in [3.8, 4) is 11.1 Å². The summed E-state index contributed by atoms with van der Waals surface area (Å²) in [5.41, 5.74) is 4.94. The Bertz CT molecular complexity index is 846. The van der Waals surface area contributed by atoms with E-state index in [1.165, 1.54) is 11.1 Å². The lowest BCUT2D eigenvalue weighted by atomic mass is 10.1. The summed E-state index contributed by atoms with van der Waals surface area (Å²) in [6.45, 7) is 1.61. The fourth-order valence-electron chi connectivity index (χ4n) is 3.02. The summed E-state index contributed by atoms with van der Waals surface area (Å²) in [4.78, 5) is 14.5. The van der Waals surface area contributed by atoms with Crippen molar-refractivity contribution >= 4 is 5.69 Å². The fourth-order valence-corrected chi connectivity index (χ4v) is 3.02. The Morgan fingerprint density at radius 1 is 0.909 bits per heavy atom. The number of nitrogens with zero attached hydrogens (tertiary/aromatic N) is 2. The van der Waals surface area contributed by atoms with Crippen LogP contribution < -0.4 is 10.5 Å². The molecule has 0 fully saturated rings. The first kappa shape index (κ1) is 12.8. The third kappa shape index (κ3) is 2.09. The molecule has 108 valence electrons. The van der Waals surface area contributed by atoms with Crippen molar-refractivity contribution in [1.82, 2.24) is 10.2 Å². The van der Waals surface area contributed by atoms with E-state index in [0.717, 1.165) is 24.3 Å². The van der Waals surface area contributed by atoms with Crippen LogP contribution >= 0.6 is 0 Å². The minimum absolute atomic E-state index is 0.153. The largest absolute Gasteiger partial charge is 0.361 e. The molecule has 0 atom stereocenters. The highest BCUT2D eigenvalue weighted by Crippen LogP contribution is 2.32. The van der Waals surface area contributed by atoms with Gasteiger partial charge in [-0.25, -0.2) is 5.10 Å². The van der Waals surface area contributed by atoms with E-state index in [1.54, 1.807) is 6.20 Å². The van der Waals surface area contributed by atoms with Crippen LogP contribution in [0.3, 0.4) is 0 Å². The second-order valence-corrected chi connectivity index (χ2v) is 5.45. The van der Waals surface area contributed by atoms with Gasteiger partial charge in [0, 0.05) is 13.1 Å². The van der Waals surface area contributed by atoms with E-state index >= 15 is 0 Å². The lowest BCUT2D eigenvalue weighted by Crippen LogP contribution is -2.21. The third-order valence-electron chi connectivity index (χ3n) is 4.08. The van der Waals surface area contributed by atoms with Crippen LogP contribution in [0.1, 0.15) is 11.1 Å². The van der Waals surface area contributed by atoms with E-state index < -0.39 is 0 Å². The number of aromatic amines is 1. The zero-order valence-corrected chi connectivity index (χ0v) is 12.0. The zero-order valence-electron chi connectivity index (χ0n) is 12.0. The number of aromatic nitrogens is 2. The Morgan fingerprint density at radius 2 is 1.55 bits per heavy atom. The molecule has 3 aromatic rings. The minimum atomic E-state index is -0.153. The molecule has 0 amide bonds. The Kier molecular flexibility index (Phi) is 3.00. The molecule has 1 N–H and O–H groups in total. The number of H-pyrrole nitrogens is 1. The number of hydrogen-bond acceptors (Lipinski definition) is 3. The molecule has 0 aliphatic carbocycles. The van der Waals surface area contributed by atoms with Crippen molar-refractivity contribution in [2.75, 3.05) is 4.90 Å². The van der Waals surface area contributed by atoms with Gasteiger partial charge in [0.05, 0.1) is 17.4 Å².